The standard InChI is InChI=1S/C34H66/c1-3-5-7-8-9-10-11-12-13-14-15-16-17-18-20-24-31(23-6-4-2)33-27-29-34(30-28-33)32-25-21-19-22-26-32/h31-34H,3-30H2,1-2H3. The third kappa shape index (κ3) is 13.9. The van der Waals surface area contributed by atoms with Crippen LogP contribution in [0.15, 0.2) is 0 Å². The van der Waals surface area contributed by atoms with Crippen molar-refractivity contribution in [2.45, 2.75) is 194 Å². The Morgan fingerprint density at radius 1 is 0.412 bits per heavy atom. The molecule has 0 bridgehead atoms. The van der Waals surface area contributed by atoms with Gasteiger partial charge in [0.05, 0.1) is 0 Å². The number of hydrogen-bond donors (Lipinski definition) is 0. The Labute approximate surface area is 217 Å². The molecule has 0 aromatic carbocycles. The second kappa shape index (κ2) is 21.1. The van der Waals surface area contributed by atoms with Crippen molar-refractivity contribution >= 4 is 0 Å². The molecule has 0 heterocycles. The molecule has 2 fully saturated rings. The van der Waals surface area contributed by atoms with E-state index in [4.69, 9.17) is 0 Å². The molecule has 202 valence electrons. The predicted octanol–water partition coefficient (Wildman–Crippen LogP) is 12.4. The van der Waals surface area contributed by atoms with Gasteiger partial charge in [-0.05, 0) is 49.4 Å². The topological polar surface area (TPSA) is 0 Å². The molecule has 34 heavy (non-hydrogen) atoms. The van der Waals surface area contributed by atoms with Crippen LogP contribution in [0.3, 0.4) is 0 Å². The van der Waals surface area contributed by atoms with Crippen LogP contribution >= 0.6 is 0 Å². The second-order valence-corrected chi connectivity index (χ2v) is 12.7. The Hall–Kier alpha value is 0. The van der Waals surface area contributed by atoms with Gasteiger partial charge in [-0.25, -0.2) is 0 Å². The normalized spacial score (nSPS) is 22.8. The SMILES string of the molecule is CCCCCCCCCCCCCCCCCC(CCCC)C1CCC(C2CCCCC2)CC1. The molecule has 0 N–H and O–H groups in total. The van der Waals surface area contributed by atoms with E-state index in [1.54, 1.807) is 44.9 Å². The van der Waals surface area contributed by atoms with Crippen molar-refractivity contribution in [3.8, 4) is 0 Å². The van der Waals surface area contributed by atoms with Crippen molar-refractivity contribution in [3.05, 3.63) is 0 Å². The van der Waals surface area contributed by atoms with Crippen molar-refractivity contribution in [1.29, 1.82) is 0 Å². The molecule has 2 rings (SSSR count). The number of unbranched alkanes of at least 4 members (excludes halogenated alkanes) is 15. The maximum Gasteiger partial charge on any atom is -0.0386 e. The smallest absolute Gasteiger partial charge is 0.0386 e. The first-order valence-corrected chi connectivity index (χ1v) is 16.8. The van der Waals surface area contributed by atoms with Crippen LogP contribution in [0.1, 0.15) is 194 Å². The van der Waals surface area contributed by atoms with Gasteiger partial charge in [0.2, 0.25) is 0 Å². The zero-order chi connectivity index (χ0) is 24.1. The Bertz CT molecular complexity index is 412. The largest absolute Gasteiger partial charge is 0.0654 e. The zero-order valence-corrected chi connectivity index (χ0v) is 24.1. The molecular formula is C34H66. The van der Waals surface area contributed by atoms with Crippen LogP contribution in [-0.2, 0) is 0 Å². The third-order valence-electron chi connectivity index (χ3n) is 9.91. The van der Waals surface area contributed by atoms with E-state index in [-0.39, 0.29) is 0 Å². The molecule has 2 aliphatic carbocycles. The first-order chi connectivity index (χ1) is 16.8. The summed E-state index contributed by atoms with van der Waals surface area (Å²) in [5, 5.41) is 0. The monoisotopic (exact) mass is 475 g/mol. The predicted molar refractivity (Wildman–Crippen MR) is 155 cm³/mol. The fourth-order valence-electron chi connectivity index (χ4n) is 7.55. The molecule has 0 radical (unpaired) electrons. The third-order valence-corrected chi connectivity index (χ3v) is 9.91. The fraction of sp³-hybridized carbons (Fsp3) is 1.00. The average molecular weight is 475 g/mol. The molecule has 0 aliphatic heterocycles. The maximum absolute atomic E-state index is 2.39. The molecule has 1 atom stereocenters. The fourth-order valence-corrected chi connectivity index (χ4v) is 7.55. The van der Waals surface area contributed by atoms with E-state index < -0.39 is 0 Å². The van der Waals surface area contributed by atoms with Crippen LogP contribution < -0.4 is 0 Å². The summed E-state index contributed by atoms with van der Waals surface area (Å²) < 4.78 is 0. The van der Waals surface area contributed by atoms with Crippen LogP contribution in [0.25, 0.3) is 0 Å². The van der Waals surface area contributed by atoms with E-state index in [2.05, 4.69) is 13.8 Å². The van der Waals surface area contributed by atoms with Crippen LogP contribution in [-0.4, -0.2) is 0 Å². The van der Waals surface area contributed by atoms with E-state index in [9.17, 15) is 0 Å². The Morgan fingerprint density at radius 3 is 1.32 bits per heavy atom. The average Bonchev–Trinajstić information content (AvgIpc) is 2.89. The molecule has 0 aromatic heterocycles. The first kappa shape index (κ1) is 30.2. The van der Waals surface area contributed by atoms with E-state index in [1.165, 1.54) is 135 Å². The van der Waals surface area contributed by atoms with Gasteiger partial charge in [0, 0.05) is 0 Å². The van der Waals surface area contributed by atoms with Gasteiger partial charge in [-0.3, -0.25) is 0 Å². The molecule has 0 spiro atoms. The van der Waals surface area contributed by atoms with Gasteiger partial charge in [-0.15, -0.1) is 0 Å². The van der Waals surface area contributed by atoms with Gasteiger partial charge in [0.1, 0.15) is 0 Å². The lowest BCUT2D eigenvalue weighted by atomic mass is 9.67. The van der Waals surface area contributed by atoms with Crippen molar-refractivity contribution < 1.29 is 0 Å². The summed E-state index contributed by atoms with van der Waals surface area (Å²) >= 11 is 0. The molecule has 0 heteroatoms. The number of hydrogen-bond acceptors (Lipinski definition) is 0. The highest BCUT2D eigenvalue weighted by atomic mass is 14.4. The summed E-state index contributed by atoms with van der Waals surface area (Å²) in [5.41, 5.74) is 0. The van der Waals surface area contributed by atoms with Crippen LogP contribution in [0, 0.1) is 23.7 Å². The Balaban J connectivity index is 1.45. The quantitative estimate of drug-likeness (QED) is 0.145. The van der Waals surface area contributed by atoms with Gasteiger partial charge in [0.25, 0.3) is 0 Å². The molecule has 1 unspecified atom stereocenters. The summed E-state index contributed by atoms with van der Waals surface area (Å²) in [6.07, 6.45) is 42.3. The molecule has 0 saturated heterocycles. The minimum atomic E-state index is 1.06. The van der Waals surface area contributed by atoms with Gasteiger partial charge in [-0.1, -0.05) is 168 Å². The van der Waals surface area contributed by atoms with E-state index in [0.717, 1.165) is 23.7 Å². The van der Waals surface area contributed by atoms with Gasteiger partial charge in [0.15, 0.2) is 0 Å². The Morgan fingerprint density at radius 2 is 0.824 bits per heavy atom. The van der Waals surface area contributed by atoms with Gasteiger partial charge < -0.3 is 0 Å². The second-order valence-electron chi connectivity index (χ2n) is 12.7. The van der Waals surface area contributed by atoms with Crippen molar-refractivity contribution in [3.63, 3.8) is 0 Å². The Kier molecular flexibility index (Phi) is 18.8. The minimum absolute atomic E-state index is 1.06. The zero-order valence-electron chi connectivity index (χ0n) is 24.1. The summed E-state index contributed by atoms with van der Waals surface area (Å²) in [5.74, 6) is 4.36. The molecule has 0 aromatic rings. The molecule has 0 amide bonds. The summed E-state index contributed by atoms with van der Waals surface area (Å²) in [7, 11) is 0. The van der Waals surface area contributed by atoms with Gasteiger partial charge in [-0.2, -0.15) is 0 Å². The van der Waals surface area contributed by atoms with Crippen LogP contribution in [0.2, 0.25) is 0 Å². The van der Waals surface area contributed by atoms with Crippen molar-refractivity contribution in [1.82, 2.24) is 0 Å². The molecular weight excluding hydrogens is 408 g/mol. The van der Waals surface area contributed by atoms with Crippen LogP contribution in [0.5, 0.6) is 0 Å². The van der Waals surface area contributed by atoms with Crippen LogP contribution in [0.4, 0.5) is 0 Å². The molecule has 2 saturated carbocycles. The van der Waals surface area contributed by atoms with E-state index >= 15 is 0 Å². The lowest BCUT2D eigenvalue weighted by molar-refractivity contribution is 0.130. The van der Waals surface area contributed by atoms with E-state index in [0.29, 0.717) is 0 Å². The summed E-state index contributed by atoms with van der Waals surface area (Å²) in [6.45, 7) is 4.71. The van der Waals surface area contributed by atoms with Crippen molar-refractivity contribution in [2.24, 2.45) is 23.7 Å². The molecule has 0 nitrogen and oxygen atoms in total. The highest BCUT2D eigenvalue weighted by Crippen LogP contribution is 2.43. The lowest BCUT2D eigenvalue weighted by Crippen LogP contribution is -2.27. The maximum atomic E-state index is 2.39. The lowest BCUT2D eigenvalue weighted by Gasteiger charge is -2.38. The van der Waals surface area contributed by atoms with E-state index in [1.807, 2.05) is 0 Å². The van der Waals surface area contributed by atoms with Crippen molar-refractivity contribution in [2.75, 3.05) is 0 Å². The first-order valence-electron chi connectivity index (χ1n) is 16.8. The molecule has 2 aliphatic rings. The minimum Gasteiger partial charge on any atom is -0.0654 e. The highest BCUT2D eigenvalue weighted by Gasteiger charge is 2.31. The summed E-state index contributed by atoms with van der Waals surface area (Å²) in [4.78, 5) is 0. The highest BCUT2D eigenvalue weighted by molar-refractivity contribution is 4.82. The number of rotatable bonds is 21. The van der Waals surface area contributed by atoms with Gasteiger partial charge >= 0.3 is 0 Å². The summed E-state index contributed by atoms with van der Waals surface area (Å²) in [6, 6.07) is 0.